The van der Waals surface area contributed by atoms with E-state index in [1.165, 1.54) is 5.56 Å². The van der Waals surface area contributed by atoms with Crippen molar-refractivity contribution in [1.29, 1.82) is 0 Å². The highest BCUT2D eigenvalue weighted by Crippen LogP contribution is 2.26. The van der Waals surface area contributed by atoms with Gasteiger partial charge in [-0.25, -0.2) is 4.79 Å². The van der Waals surface area contributed by atoms with Crippen LogP contribution in [0.4, 0.5) is 5.69 Å². The van der Waals surface area contributed by atoms with Gasteiger partial charge < -0.3 is 14.8 Å². The van der Waals surface area contributed by atoms with E-state index in [9.17, 15) is 9.59 Å². The fourth-order valence-electron chi connectivity index (χ4n) is 2.94. The monoisotopic (exact) mass is 471 g/mol. The molecule has 0 bridgehead atoms. The molecule has 1 unspecified atom stereocenters. The van der Waals surface area contributed by atoms with Gasteiger partial charge in [0, 0.05) is 10.6 Å². The quantitative estimate of drug-likeness (QED) is 0.298. The first-order valence-corrected chi connectivity index (χ1v) is 10.9. The number of esters is 1. The maximum atomic E-state index is 12.4. The van der Waals surface area contributed by atoms with E-state index < -0.39 is 12.1 Å². The zero-order valence-electron chi connectivity index (χ0n) is 17.7. The van der Waals surface area contributed by atoms with Gasteiger partial charge in [-0.3, -0.25) is 4.79 Å². The minimum Gasteiger partial charge on any atom is -0.479 e. The van der Waals surface area contributed by atoms with Crippen LogP contribution in [0.5, 0.6) is 11.5 Å². The van der Waals surface area contributed by atoms with Crippen molar-refractivity contribution in [1.82, 2.24) is 0 Å². The molecular weight excluding hydrogens is 449 g/mol. The highest BCUT2D eigenvalue weighted by atomic mass is 35.5. The molecule has 0 aliphatic carbocycles. The Hall–Kier alpha value is -3.02. The van der Waals surface area contributed by atoms with Gasteiger partial charge in [0.05, 0.1) is 10.7 Å². The van der Waals surface area contributed by atoms with Crippen LogP contribution in [-0.2, 0) is 11.2 Å². The molecule has 0 aliphatic heterocycles. The summed E-state index contributed by atoms with van der Waals surface area (Å²) in [4.78, 5) is 24.8. The molecule has 3 rings (SSSR count). The number of amides is 1. The Morgan fingerprint density at radius 2 is 1.59 bits per heavy atom. The van der Waals surface area contributed by atoms with Crippen LogP contribution in [0.25, 0.3) is 0 Å². The number of hydrogen-bond acceptors (Lipinski definition) is 4. The van der Waals surface area contributed by atoms with Crippen LogP contribution < -0.4 is 14.8 Å². The predicted octanol–water partition coefficient (Wildman–Crippen LogP) is 6.57. The van der Waals surface area contributed by atoms with Gasteiger partial charge in [-0.15, -0.1) is 0 Å². The third kappa shape index (κ3) is 6.49. The first-order valence-electron chi connectivity index (χ1n) is 10.2. The van der Waals surface area contributed by atoms with Gasteiger partial charge in [-0.05, 0) is 73.5 Å². The summed E-state index contributed by atoms with van der Waals surface area (Å²) in [6.07, 6.45) is 1.27. The third-order valence-electron chi connectivity index (χ3n) is 4.62. The fraction of sp³-hybridized carbons (Fsp3) is 0.200. The molecule has 0 spiro atoms. The lowest BCUT2D eigenvalue weighted by atomic mass is 10.1. The van der Waals surface area contributed by atoms with E-state index in [2.05, 4.69) is 12.2 Å². The second-order valence-electron chi connectivity index (χ2n) is 7.18. The molecule has 0 heterocycles. The Kier molecular flexibility index (Phi) is 8.14. The molecule has 5 nitrogen and oxygen atoms in total. The number of anilines is 1. The molecule has 32 heavy (non-hydrogen) atoms. The van der Waals surface area contributed by atoms with Crippen LogP contribution in [0.3, 0.4) is 0 Å². The summed E-state index contributed by atoms with van der Waals surface area (Å²) in [5, 5.41) is 3.54. The van der Waals surface area contributed by atoms with Gasteiger partial charge in [0.2, 0.25) is 0 Å². The van der Waals surface area contributed by atoms with Crippen molar-refractivity contribution in [3.8, 4) is 11.5 Å². The van der Waals surface area contributed by atoms with Gasteiger partial charge in [-0.2, -0.15) is 0 Å². The number of aryl methyl sites for hydroxylation is 1. The molecule has 7 heteroatoms. The van der Waals surface area contributed by atoms with Crippen LogP contribution in [0.1, 0.15) is 36.2 Å². The molecule has 0 saturated heterocycles. The van der Waals surface area contributed by atoms with Gasteiger partial charge in [-0.1, -0.05) is 48.7 Å². The maximum Gasteiger partial charge on any atom is 0.352 e. The summed E-state index contributed by atoms with van der Waals surface area (Å²) in [7, 11) is 0. The summed E-state index contributed by atoms with van der Waals surface area (Å²) in [5.41, 5.74) is 2.00. The summed E-state index contributed by atoms with van der Waals surface area (Å²) in [6, 6.07) is 18.6. The number of carbonyl (C=O) groups excluding carboxylic acids is 2. The number of ether oxygens (including phenoxy) is 2. The van der Waals surface area contributed by atoms with E-state index in [-0.39, 0.29) is 5.91 Å². The smallest absolute Gasteiger partial charge is 0.352 e. The van der Waals surface area contributed by atoms with Crippen LogP contribution in [0, 0.1) is 0 Å². The second-order valence-corrected chi connectivity index (χ2v) is 8.02. The largest absolute Gasteiger partial charge is 0.479 e. The first kappa shape index (κ1) is 23.6. The maximum absolute atomic E-state index is 12.4. The molecule has 0 aliphatic rings. The Morgan fingerprint density at radius 3 is 2.25 bits per heavy atom. The molecular formula is C25H23Cl2NO4. The SMILES string of the molecule is CCCc1ccc(OC(C)C(=O)Oc2ccc(C(=O)Nc3cc(Cl)ccc3Cl)cc2)cc1. The lowest BCUT2D eigenvalue weighted by Gasteiger charge is -2.14. The Balaban J connectivity index is 1.56. The number of benzene rings is 3. The van der Waals surface area contributed by atoms with Crippen molar-refractivity contribution in [3.05, 3.63) is 87.9 Å². The molecule has 3 aromatic carbocycles. The molecule has 0 fully saturated rings. The predicted molar refractivity (Wildman–Crippen MR) is 127 cm³/mol. The normalized spacial score (nSPS) is 11.5. The Morgan fingerprint density at radius 1 is 0.938 bits per heavy atom. The number of halogens is 2. The van der Waals surface area contributed by atoms with Crippen LogP contribution in [-0.4, -0.2) is 18.0 Å². The minimum atomic E-state index is -0.792. The molecule has 0 aromatic heterocycles. The van der Waals surface area contributed by atoms with E-state index in [1.807, 2.05) is 24.3 Å². The van der Waals surface area contributed by atoms with Crippen molar-refractivity contribution >= 4 is 40.8 Å². The van der Waals surface area contributed by atoms with Gasteiger partial charge >= 0.3 is 5.97 Å². The minimum absolute atomic E-state index is 0.307. The van der Waals surface area contributed by atoms with Gasteiger partial charge in [0.1, 0.15) is 11.5 Å². The van der Waals surface area contributed by atoms with Crippen molar-refractivity contribution in [3.63, 3.8) is 0 Å². The standard InChI is InChI=1S/C25H23Cl2NO4/c1-3-4-17-5-10-20(11-6-17)31-16(2)25(30)32-21-12-7-18(8-13-21)24(29)28-23-15-19(26)9-14-22(23)27/h5-16H,3-4H2,1-2H3,(H,28,29). The summed E-state index contributed by atoms with van der Waals surface area (Å²) < 4.78 is 11.0. The molecule has 1 amide bonds. The molecule has 0 radical (unpaired) electrons. The molecule has 166 valence electrons. The highest BCUT2D eigenvalue weighted by Gasteiger charge is 2.18. The van der Waals surface area contributed by atoms with E-state index >= 15 is 0 Å². The highest BCUT2D eigenvalue weighted by molar-refractivity contribution is 6.35. The number of hydrogen-bond donors (Lipinski definition) is 1. The third-order valence-corrected chi connectivity index (χ3v) is 5.18. The van der Waals surface area contributed by atoms with Crippen LogP contribution in [0.2, 0.25) is 10.0 Å². The van der Waals surface area contributed by atoms with E-state index in [4.69, 9.17) is 32.7 Å². The van der Waals surface area contributed by atoms with Crippen LogP contribution in [0.15, 0.2) is 66.7 Å². The fourth-order valence-corrected chi connectivity index (χ4v) is 3.27. The van der Waals surface area contributed by atoms with Crippen molar-refractivity contribution in [2.75, 3.05) is 5.32 Å². The van der Waals surface area contributed by atoms with E-state index in [1.54, 1.807) is 49.4 Å². The lowest BCUT2D eigenvalue weighted by Crippen LogP contribution is -2.28. The second kappa shape index (κ2) is 11.0. The summed E-state index contributed by atoms with van der Waals surface area (Å²) in [6.45, 7) is 3.75. The van der Waals surface area contributed by atoms with Gasteiger partial charge in [0.15, 0.2) is 6.10 Å². The zero-order valence-corrected chi connectivity index (χ0v) is 19.2. The average Bonchev–Trinajstić information content (AvgIpc) is 2.78. The average molecular weight is 472 g/mol. The van der Waals surface area contributed by atoms with E-state index in [0.29, 0.717) is 32.8 Å². The topological polar surface area (TPSA) is 64.6 Å². The van der Waals surface area contributed by atoms with Gasteiger partial charge in [0.25, 0.3) is 5.91 Å². The molecule has 1 N–H and O–H groups in total. The number of rotatable bonds is 8. The number of carbonyl (C=O) groups is 2. The van der Waals surface area contributed by atoms with E-state index in [0.717, 1.165) is 12.8 Å². The van der Waals surface area contributed by atoms with Crippen molar-refractivity contribution in [2.45, 2.75) is 32.8 Å². The summed E-state index contributed by atoms with van der Waals surface area (Å²) >= 11 is 12.0. The van der Waals surface area contributed by atoms with Crippen LogP contribution >= 0.6 is 23.2 Å². The summed E-state index contributed by atoms with van der Waals surface area (Å²) in [5.74, 6) is 0.00268. The molecule has 1 atom stereocenters. The zero-order chi connectivity index (χ0) is 23.1. The Labute approximate surface area is 197 Å². The van der Waals surface area contributed by atoms with Crippen molar-refractivity contribution < 1.29 is 19.1 Å². The number of nitrogens with one attached hydrogen (secondary N) is 1. The molecule has 0 saturated carbocycles. The Bertz CT molecular complexity index is 1080. The van der Waals surface area contributed by atoms with Crippen molar-refractivity contribution in [2.24, 2.45) is 0 Å². The first-order chi connectivity index (χ1) is 15.4. The lowest BCUT2D eigenvalue weighted by molar-refractivity contribution is -0.141. The molecule has 3 aromatic rings.